The summed E-state index contributed by atoms with van der Waals surface area (Å²) in [6.45, 7) is 2.42. The van der Waals surface area contributed by atoms with Crippen LogP contribution in [0.15, 0.2) is 23.4 Å². The van der Waals surface area contributed by atoms with Crippen molar-refractivity contribution in [1.82, 2.24) is 4.90 Å². The van der Waals surface area contributed by atoms with Crippen LogP contribution in [0.1, 0.15) is 44.1 Å². The first-order valence-corrected chi connectivity index (χ1v) is 9.99. The smallest absolute Gasteiger partial charge is 0.293 e. The van der Waals surface area contributed by atoms with E-state index in [0.717, 1.165) is 45.2 Å². The van der Waals surface area contributed by atoms with Crippen molar-refractivity contribution in [2.24, 2.45) is 10.9 Å². The summed E-state index contributed by atoms with van der Waals surface area (Å²) in [5.41, 5.74) is 6.07. The standard InChI is InChI=1S/C19H31N5O5/c20-19(22-27)14-5-6-17(18(11-14)24(28)29)21-8-3-1-2-4-9-23-10-7-16(26)12-15(23)13-25/h5-6,11,15-16,21,25-27H,1-4,7-10,12-13H2,(H2,20,22). The molecule has 2 atom stereocenters. The molecule has 162 valence electrons. The van der Waals surface area contributed by atoms with E-state index in [1.165, 1.54) is 6.07 Å². The Morgan fingerprint density at radius 3 is 2.79 bits per heavy atom. The lowest BCUT2D eigenvalue weighted by Gasteiger charge is -2.36. The molecular formula is C19H31N5O5. The van der Waals surface area contributed by atoms with E-state index in [1.807, 2.05) is 0 Å². The summed E-state index contributed by atoms with van der Waals surface area (Å²) in [6, 6.07) is 4.46. The summed E-state index contributed by atoms with van der Waals surface area (Å²) in [7, 11) is 0. The number of nitrogens with two attached hydrogens (primary N) is 1. The van der Waals surface area contributed by atoms with Crippen LogP contribution in [-0.2, 0) is 0 Å². The molecule has 2 rings (SSSR count). The van der Waals surface area contributed by atoms with E-state index in [9.17, 15) is 20.3 Å². The average Bonchev–Trinajstić information content (AvgIpc) is 2.73. The summed E-state index contributed by atoms with van der Waals surface area (Å²) < 4.78 is 0. The van der Waals surface area contributed by atoms with Crippen LogP contribution in [0.5, 0.6) is 0 Å². The number of hydrogen-bond donors (Lipinski definition) is 5. The van der Waals surface area contributed by atoms with E-state index in [0.29, 0.717) is 18.7 Å². The summed E-state index contributed by atoms with van der Waals surface area (Å²) in [5.74, 6) is -0.175. The lowest BCUT2D eigenvalue weighted by molar-refractivity contribution is -0.384. The zero-order chi connectivity index (χ0) is 21.2. The Labute approximate surface area is 170 Å². The summed E-state index contributed by atoms with van der Waals surface area (Å²) in [6.07, 6.45) is 5.00. The summed E-state index contributed by atoms with van der Waals surface area (Å²) in [4.78, 5) is 13.0. The second-order valence-electron chi connectivity index (χ2n) is 7.37. The van der Waals surface area contributed by atoms with Crippen molar-refractivity contribution in [3.05, 3.63) is 33.9 Å². The Balaban J connectivity index is 1.71. The number of rotatable bonds is 11. The molecule has 1 saturated heterocycles. The van der Waals surface area contributed by atoms with E-state index in [1.54, 1.807) is 12.1 Å². The fourth-order valence-electron chi connectivity index (χ4n) is 3.63. The number of benzene rings is 1. The van der Waals surface area contributed by atoms with E-state index in [-0.39, 0.29) is 35.8 Å². The van der Waals surface area contributed by atoms with E-state index in [4.69, 9.17) is 10.9 Å². The van der Waals surface area contributed by atoms with Gasteiger partial charge in [0.15, 0.2) is 5.84 Å². The van der Waals surface area contributed by atoms with Crippen molar-refractivity contribution < 1.29 is 20.3 Å². The molecule has 1 aromatic carbocycles. The minimum atomic E-state index is -0.496. The molecule has 10 nitrogen and oxygen atoms in total. The van der Waals surface area contributed by atoms with Gasteiger partial charge in [-0.25, -0.2) is 0 Å². The van der Waals surface area contributed by atoms with Crippen LogP contribution in [-0.4, -0.2) is 69.5 Å². The van der Waals surface area contributed by atoms with Gasteiger partial charge in [0.2, 0.25) is 0 Å². The number of nitrogens with zero attached hydrogens (tertiary/aromatic N) is 3. The summed E-state index contributed by atoms with van der Waals surface area (Å²) >= 11 is 0. The number of amidine groups is 1. The predicted octanol–water partition coefficient (Wildman–Crippen LogP) is 1.48. The van der Waals surface area contributed by atoms with Crippen molar-refractivity contribution in [2.45, 2.75) is 50.7 Å². The number of hydrogen-bond acceptors (Lipinski definition) is 8. The van der Waals surface area contributed by atoms with Gasteiger partial charge >= 0.3 is 0 Å². The van der Waals surface area contributed by atoms with Crippen molar-refractivity contribution >= 4 is 17.2 Å². The molecule has 0 aliphatic carbocycles. The fraction of sp³-hybridized carbons (Fsp3) is 0.632. The fourth-order valence-corrected chi connectivity index (χ4v) is 3.63. The third-order valence-electron chi connectivity index (χ3n) is 5.31. The van der Waals surface area contributed by atoms with Gasteiger partial charge in [0.05, 0.1) is 17.6 Å². The Hall–Kier alpha value is -2.43. The molecule has 1 aliphatic rings. The number of nitro groups is 1. The van der Waals surface area contributed by atoms with Crippen LogP contribution in [0, 0.1) is 10.1 Å². The van der Waals surface area contributed by atoms with E-state index in [2.05, 4.69) is 15.4 Å². The lowest BCUT2D eigenvalue weighted by atomic mass is 9.99. The maximum absolute atomic E-state index is 11.3. The van der Waals surface area contributed by atoms with Gasteiger partial charge in [-0.15, -0.1) is 0 Å². The second kappa shape index (κ2) is 11.5. The minimum Gasteiger partial charge on any atom is -0.409 e. The highest BCUT2D eigenvalue weighted by Gasteiger charge is 2.26. The molecule has 1 heterocycles. The molecule has 10 heteroatoms. The largest absolute Gasteiger partial charge is 0.409 e. The first-order chi connectivity index (χ1) is 14.0. The molecule has 0 amide bonds. The van der Waals surface area contributed by atoms with Gasteiger partial charge in [0.25, 0.3) is 5.69 Å². The van der Waals surface area contributed by atoms with Crippen LogP contribution in [0.3, 0.4) is 0 Å². The number of nitrogens with one attached hydrogen (secondary N) is 1. The zero-order valence-corrected chi connectivity index (χ0v) is 16.5. The summed E-state index contributed by atoms with van der Waals surface area (Å²) in [5, 5.41) is 45.1. The van der Waals surface area contributed by atoms with Crippen molar-refractivity contribution in [3.8, 4) is 0 Å². The highest BCUT2D eigenvalue weighted by atomic mass is 16.6. The third-order valence-corrected chi connectivity index (χ3v) is 5.31. The zero-order valence-electron chi connectivity index (χ0n) is 16.5. The van der Waals surface area contributed by atoms with Gasteiger partial charge < -0.3 is 26.5 Å². The number of oxime groups is 1. The number of aliphatic hydroxyl groups excluding tert-OH is 2. The maximum Gasteiger partial charge on any atom is 0.293 e. The Morgan fingerprint density at radius 1 is 1.34 bits per heavy atom. The molecule has 1 fully saturated rings. The van der Waals surface area contributed by atoms with Gasteiger partial charge in [-0.05, 0) is 44.4 Å². The minimum absolute atomic E-state index is 0.0499. The molecule has 29 heavy (non-hydrogen) atoms. The number of unbranched alkanes of at least 4 members (excludes halogenated alkanes) is 3. The van der Waals surface area contributed by atoms with E-state index < -0.39 is 4.92 Å². The molecule has 0 radical (unpaired) electrons. The first-order valence-electron chi connectivity index (χ1n) is 9.99. The molecular weight excluding hydrogens is 378 g/mol. The van der Waals surface area contributed by atoms with Crippen LogP contribution in [0.4, 0.5) is 11.4 Å². The van der Waals surface area contributed by atoms with Crippen LogP contribution in [0.25, 0.3) is 0 Å². The van der Waals surface area contributed by atoms with Gasteiger partial charge in [0.1, 0.15) is 5.69 Å². The number of anilines is 1. The molecule has 0 spiro atoms. The topological polar surface area (TPSA) is 157 Å². The Morgan fingerprint density at radius 2 is 2.10 bits per heavy atom. The molecule has 1 aromatic rings. The average molecular weight is 409 g/mol. The van der Waals surface area contributed by atoms with Crippen LogP contribution in [0.2, 0.25) is 0 Å². The van der Waals surface area contributed by atoms with Gasteiger partial charge in [-0.3, -0.25) is 15.0 Å². The molecule has 0 aromatic heterocycles. The number of aliphatic hydroxyl groups is 2. The van der Waals surface area contributed by atoms with Gasteiger partial charge in [0, 0.05) is 30.8 Å². The molecule has 0 saturated carbocycles. The molecule has 6 N–H and O–H groups in total. The lowest BCUT2D eigenvalue weighted by Crippen LogP contribution is -2.46. The van der Waals surface area contributed by atoms with Gasteiger partial charge in [-0.1, -0.05) is 18.0 Å². The molecule has 2 unspecified atom stereocenters. The first kappa shape index (κ1) is 22.9. The highest BCUT2D eigenvalue weighted by molar-refractivity contribution is 5.98. The molecule has 0 bridgehead atoms. The maximum atomic E-state index is 11.3. The van der Waals surface area contributed by atoms with Crippen LogP contribution < -0.4 is 11.1 Å². The van der Waals surface area contributed by atoms with Crippen molar-refractivity contribution in [3.63, 3.8) is 0 Å². The quantitative estimate of drug-likeness (QED) is 0.0918. The van der Waals surface area contributed by atoms with Crippen molar-refractivity contribution in [1.29, 1.82) is 0 Å². The van der Waals surface area contributed by atoms with Crippen LogP contribution >= 0.6 is 0 Å². The second-order valence-corrected chi connectivity index (χ2v) is 7.37. The Kier molecular flexibility index (Phi) is 9.10. The highest BCUT2D eigenvalue weighted by Crippen LogP contribution is 2.25. The van der Waals surface area contributed by atoms with Crippen molar-refractivity contribution in [2.75, 3.05) is 31.6 Å². The normalized spacial score (nSPS) is 20.6. The SMILES string of the molecule is N/C(=N/O)c1ccc(NCCCCCCN2CCC(O)CC2CO)c([N+](=O)[O-])c1. The van der Waals surface area contributed by atoms with Gasteiger partial charge in [-0.2, -0.15) is 0 Å². The third kappa shape index (κ3) is 6.84. The number of nitro benzene ring substituents is 1. The predicted molar refractivity (Wildman–Crippen MR) is 110 cm³/mol. The molecule has 1 aliphatic heterocycles. The van der Waals surface area contributed by atoms with E-state index >= 15 is 0 Å². The number of likely N-dealkylation sites (tertiary alicyclic amines) is 1. The monoisotopic (exact) mass is 409 g/mol. The number of piperidine rings is 1. The Bertz CT molecular complexity index is 700.